The number of hydrogen-bond acceptors (Lipinski definition) is 8. The van der Waals surface area contributed by atoms with Crippen LogP contribution < -0.4 is 9.80 Å². The molecule has 1 N–H and O–H groups in total. The van der Waals surface area contributed by atoms with Gasteiger partial charge in [0.15, 0.2) is 11.6 Å². The van der Waals surface area contributed by atoms with Crippen LogP contribution in [-0.4, -0.2) is 42.6 Å². The molecule has 4 aliphatic rings. The fourth-order valence-corrected chi connectivity index (χ4v) is 8.14. The number of azo groups is 1. The van der Waals surface area contributed by atoms with E-state index in [2.05, 4.69) is 10.2 Å². The minimum atomic E-state index is -0.739. The zero-order chi connectivity index (χ0) is 34.8. The lowest BCUT2D eigenvalue weighted by Gasteiger charge is -2.42. The molecule has 248 valence electrons. The highest BCUT2D eigenvalue weighted by atomic mass is 16.3. The third-order valence-electron chi connectivity index (χ3n) is 10.6. The molecule has 1 heterocycles. The van der Waals surface area contributed by atoms with Crippen molar-refractivity contribution in [2.24, 2.45) is 28.0 Å². The first-order valence-electron chi connectivity index (χ1n) is 16.7. The van der Waals surface area contributed by atoms with Gasteiger partial charge in [0.25, 0.3) is 0 Å². The van der Waals surface area contributed by atoms with E-state index in [1.165, 1.54) is 11.0 Å². The molecule has 3 aliphatic carbocycles. The zero-order valence-corrected chi connectivity index (χ0v) is 27.8. The van der Waals surface area contributed by atoms with Crippen molar-refractivity contribution in [3.05, 3.63) is 125 Å². The summed E-state index contributed by atoms with van der Waals surface area (Å²) in [6.45, 7) is 1.63. The van der Waals surface area contributed by atoms with Crippen molar-refractivity contribution in [1.82, 2.24) is 0 Å². The van der Waals surface area contributed by atoms with E-state index >= 15 is 0 Å². The first-order chi connectivity index (χ1) is 24.1. The van der Waals surface area contributed by atoms with Crippen molar-refractivity contribution in [1.29, 1.82) is 0 Å². The van der Waals surface area contributed by atoms with Gasteiger partial charge in [-0.2, -0.15) is 10.2 Å². The first kappa shape index (κ1) is 31.3. The Labute approximate surface area is 288 Å². The quantitative estimate of drug-likeness (QED) is 0.101. The molecular formula is C41H34N4O5. The summed E-state index contributed by atoms with van der Waals surface area (Å²) >= 11 is 0. The Morgan fingerprint density at radius 3 is 2.18 bits per heavy atom. The van der Waals surface area contributed by atoms with Crippen LogP contribution in [-0.2, 0) is 19.2 Å². The fourth-order valence-electron chi connectivity index (χ4n) is 8.14. The average Bonchev–Trinajstić information content (AvgIpc) is 3.38. The Morgan fingerprint density at radius 1 is 0.800 bits per heavy atom. The maximum atomic E-state index is 14.4. The average molecular weight is 663 g/mol. The van der Waals surface area contributed by atoms with Gasteiger partial charge in [-0.25, -0.2) is 0 Å². The number of benzene rings is 4. The summed E-state index contributed by atoms with van der Waals surface area (Å²) in [4.78, 5) is 59.0. The minimum absolute atomic E-state index is 0.00921. The molecule has 50 heavy (non-hydrogen) atoms. The van der Waals surface area contributed by atoms with E-state index in [0.717, 1.165) is 22.0 Å². The second kappa shape index (κ2) is 11.9. The molecule has 2 amide bonds. The number of imide groups is 1. The van der Waals surface area contributed by atoms with Gasteiger partial charge in [-0.1, -0.05) is 42.0 Å². The van der Waals surface area contributed by atoms with Crippen molar-refractivity contribution in [3.8, 4) is 5.75 Å². The van der Waals surface area contributed by atoms with Gasteiger partial charge in [0.2, 0.25) is 11.8 Å². The molecule has 8 rings (SSSR count). The number of hydrogen-bond donors (Lipinski definition) is 1. The predicted molar refractivity (Wildman–Crippen MR) is 191 cm³/mol. The van der Waals surface area contributed by atoms with Gasteiger partial charge in [-0.15, -0.1) is 0 Å². The molecule has 0 spiro atoms. The fraction of sp³-hybridized carbons (Fsp3) is 0.220. The second-order valence-electron chi connectivity index (χ2n) is 13.6. The Kier molecular flexibility index (Phi) is 7.44. The Balaban J connectivity index is 1.14. The van der Waals surface area contributed by atoms with E-state index in [9.17, 15) is 24.3 Å². The third kappa shape index (κ3) is 4.91. The van der Waals surface area contributed by atoms with E-state index in [4.69, 9.17) is 0 Å². The summed E-state index contributed by atoms with van der Waals surface area (Å²) in [5.41, 5.74) is 5.13. The molecule has 4 aromatic rings. The normalized spacial score (nSPS) is 23.2. The van der Waals surface area contributed by atoms with Crippen LogP contribution in [0.4, 0.5) is 22.7 Å². The van der Waals surface area contributed by atoms with Crippen molar-refractivity contribution in [3.63, 3.8) is 0 Å². The van der Waals surface area contributed by atoms with Crippen molar-refractivity contribution >= 4 is 56.9 Å². The van der Waals surface area contributed by atoms with Crippen LogP contribution in [0.5, 0.6) is 5.75 Å². The van der Waals surface area contributed by atoms with Crippen molar-refractivity contribution in [2.45, 2.75) is 25.7 Å². The van der Waals surface area contributed by atoms with Crippen LogP contribution in [0.1, 0.15) is 31.2 Å². The highest BCUT2D eigenvalue weighted by Gasteiger charge is 2.57. The molecule has 0 aromatic heterocycles. The molecule has 1 aliphatic heterocycles. The SMILES string of the molecule is CC1=CC(=O)C2=C(C1=O)C(c1c(O)ccc3ccccc13)C1=CCC3C(=O)N(c4ccc(N=Nc5ccc(N(C)C)cc5)cc4)C(=O)C3C1C2. The first-order valence-corrected chi connectivity index (χ1v) is 16.7. The molecule has 4 aromatic carbocycles. The van der Waals surface area contributed by atoms with E-state index in [1.807, 2.05) is 79.7 Å². The maximum Gasteiger partial charge on any atom is 0.238 e. The van der Waals surface area contributed by atoms with E-state index < -0.39 is 23.7 Å². The molecule has 0 saturated carbocycles. The number of fused-ring (bicyclic) bond motifs is 4. The number of ketones is 2. The number of aromatic hydroxyl groups is 1. The van der Waals surface area contributed by atoms with E-state index in [-0.39, 0.29) is 35.6 Å². The van der Waals surface area contributed by atoms with Crippen LogP contribution in [0.15, 0.2) is 130 Å². The molecule has 1 saturated heterocycles. The summed E-state index contributed by atoms with van der Waals surface area (Å²) in [6, 6.07) is 25.5. The third-order valence-corrected chi connectivity index (χ3v) is 10.6. The van der Waals surface area contributed by atoms with E-state index in [1.54, 1.807) is 37.3 Å². The van der Waals surface area contributed by atoms with Gasteiger partial charge in [0.05, 0.1) is 28.9 Å². The lowest BCUT2D eigenvalue weighted by Crippen LogP contribution is -2.40. The van der Waals surface area contributed by atoms with Gasteiger partial charge >= 0.3 is 0 Å². The lowest BCUT2D eigenvalue weighted by molar-refractivity contribution is -0.123. The molecule has 0 radical (unpaired) electrons. The Hall–Kier alpha value is -5.96. The van der Waals surface area contributed by atoms with Crippen molar-refractivity contribution in [2.75, 3.05) is 23.9 Å². The highest BCUT2D eigenvalue weighted by Crippen LogP contribution is 2.57. The number of carbonyl (C=O) groups is 4. The van der Waals surface area contributed by atoms with Gasteiger partial charge in [-0.3, -0.25) is 24.1 Å². The van der Waals surface area contributed by atoms with Crippen LogP contribution in [0.3, 0.4) is 0 Å². The smallest absolute Gasteiger partial charge is 0.238 e. The summed E-state index contributed by atoms with van der Waals surface area (Å²) in [5, 5.41) is 21.7. The molecule has 9 heteroatoms. The number of nitrogens with zero attached hydrogens (tertiary/aromatic N) is 4. The number of anilines is 2. The largest absolute Gasteiger partial charge is 0.508 e. The topological polar surface area (TPSA) is 120 Å². The van der Waals surface area contributed by atoms with Crippen LogP contribution in [0.2, 0.25) is 0 Å². The zero-order valence-electron chi connectivity index (χ0n) is 27.8. The predicted octanol–water partition coefficient (Wildman–Crippen LogP) is 7.66. The van der Waals surface area contributed by atoms with Gasteiger partial charge in [-0.05, 0) is 97.1 Å². The highest BCUT2D eigenvalue weighted by molar-refractivity contribution is 6.25. The summed E-state index contributed by atoms with van der Waals surface area (Å²) in [7, 11) is 3.93. The van der Waals surface area contributed by atoms with Gasteiger partial charge in [0, 0.05) is 48.0 Å². The number of carbonyl (C=O) groups excluding carboxylic acids is 4. The monoisotopic (exact) mass is 662 g/mol. The van der Waals surface area contributed by atoms with Crippen LogP contribution in [0.25, 0.3) is 10.8 Å². The molecule has 4 atom stereocenters. The van der Waals surface area contributed by atoms with Crippen LogP contribution in [0, 0.1) is 17.8 Å². The van der Waals surface area contributed by atoms with Crippen LogP contribution >= 0.6 is 0 Å². The summed E-state index contributed by atoms with van der Waals surface area (Å²) in [6.07, 6.45) is 3.80. The molecule has 4 unspecified atom stereocenters. The standard InChI is InChI=1S/C41H34N4O5/c1-22-20-34(47)32-21-31-29(37(38(32)39(22)48)36-28-7-5-4-6-23(28)8-19-33(36)46)17-18-30-35(31)41(50)45(40(30)49)27-15-11-25(12-16-27)43-42-24-9-13-26(14-10-24)44(2)3/h4-17,19-20,30-31,35,37,46H,18,21H2,1-3H3. The Bertz CT molecular complexity index is 2260. The van der Waals surface area contributed by atoms with E-state index in [0.29, 0.717) is 45.8 Å². The number of Topliss-reactive ketones (excluding diaryl/α,β-unsaturated/α-hetero) is 1. The molecule has 9 nitrogen and oxygen atoms in total. The van der Waals surface area contributed by atoms with Crippen molar-refractivity contribution < 1.29 is 24.3 Å². The molecule has 0 bridgehead atoms. The Morgan fingerprint density at radius 2 is 1.48 bits per heavy atom. The van der Waals surface area contributed by atoms with Gasteiger partial charge < -0.3 is 10.0 Å². The van der Waals surface area contributed by atoms with Gasteiger partial charge in [0.1, 0.15) is 5.75 Å². The number of amides is 2. The lowest BCUT2D eigenvalue weighted by atomic mass is 9.59. The second-order valence-corrected chi connectivity index (χ2v) is 13.6. The minimum Gasteiger partial charge on any atom is -0.508 e. The summed E-state index contributed by atoms with van der Waals surface area (Å²) < 4.78 is 0. The maximum absolute atomic E-state index is 14.4. The molecular weight excluding hydrogens is 628 g/mol. The number of phenolic OH excluding ortho intramolecular Hbond substituents is 1. The summed E-state index contributed by atoms with van der Waals surface area (Å²) in [5.74, 6) is -3.72. The number of allylic oxidation sites excluding steroid dienone is 6. The molecule has 1 fully saturated rings. The number of rotatable bonds is 5. The number of phenols is 1.